The Hall–Kier alpha value is -0.460. The minimum Gasteiger partial charge on any atom is -0.383 e. The third-order valence-electron chi connectivity index (χ3n) is 3.28. The topological polar surface area (TPSA) is 54.2 Å². The molecule has 1 aromatic rings. The Kier molecular flexibility index (Phi) is 3.19. The predicted molar refractivity (Wildman–Crippen MR) is 75.7 cm³/mol. The molecule has 0 bridgehead atoms. The molecule has 3 rings (SSSR count). The second-order valence-corrected chi connectivity index (χ2v) is 6.36. The van der Waals surface area contributed by atoms with Crippen molar-refractivity contribution in [1.29, 1.82) is 0 Å². The van der Waals surface area contributed by atoms with Crippen LogP contribution in [0.15, 0.2) is 15.4 Å². The molecule has 6 heteroatoms. The highest BCUT2D eigenvalue weighted by Crippen LogP contribution is 2.38. The highest BCUT2D eigenvalue weighted by atomic mass is 79.9. The molecule has 2 aliphatic heterocycles. The summed E-state index contributed by atoms with van der Waals surface area (Å²) >= 11 is 5.34. The van der Waals surface area contributed by atoms with Gasteiger partial charge in [-0.3, -0.25) is 0 Å². The summed E-state index contributed by atoms with van der Waals surface area (Å²) in [6.45, 7) is 3.10. The van der Waals surface area contributed by atoms with Crippen LogP contribution in [-0.4, -0.2) is 36.4 Å². The van der Waals surface area contributed by atoms with E-state index in [9.17, 15) is 0 Å². The number of hydrogen-bond acceptors (Lipinski definition) is 5. The minimum atomic E-state index is 0.561. The van der Waals surface area contributed by atoms with Gasteiger partial charge in [0, 0.05) is 31.4 Å². The number of nitrogens with one attached hydrogen (secondary N) is 1. The van der Waals surface area contributed by atoms with E-state index in [4.69, 9.17) is 5.73 Å². The lowest BCUT2D eigenvalue weighted by Gasteiger charge is -2.36. The Labute approximate surface area is 113 Å². The van der Waals surface area contributed by atoms with Gasteiger partial charge in [0.05, 0.1) is 9.37 Å². The number of thioether (sulfide) groups is 1. The maximum absolute atomic E-state index is 5.91. The molecular formula is C11H15BrN4S. The summed E-state index contributed by atoms with van der Waals surface area (Å²) in [6.07, 6.45) is 1.20. The molecular weight excluding hydrogens is 300 g/mol. The molecule has 3 N–H and O–H groups in total. The molecule has 17 heavy (non-hydrogen) atoms. The van der Waals surface area contributed by atoms with Crippen LogP contribution in [0.1, 0.15) is 6.42 Å². The van der Waals surface area contributed by atoms with Gasteiger partial charge in [-0.05, 0) is 28.4 Å². The van der Waals surface area contributed by atoms with E-state index in [0.717, 1.165) is 35.7 Å². The fourth-order valence-electron chi connectivity index (χ4n) is 2.39. The minimum absolute atomic E-state index is 0.561. The summed E-state index contributed by atoms with van der Waals surface area (Å²) in [6, 6.07) is 2.66. The summed E-state index contributed by atoms with van der Waals surface area (Å²) in [4.78, 5) is 8.22. The molecule has 4 nitrogen and oxygen atoms in total. The van der Waals surface area contributed by atoms with Crippen molar-refractivity contribution in [1.82, 2.24) is 10.3 Å². The number of aromatic nitrogens is 1. The van der Waals surface area contributed by atoms with Crippen LogP contribution in [0.5, 0.6) is 0 Å². The molecule has 0 radical (unpaired) electrons. The van der Waals surface area contributed by atoms with E-state index in [1.165, 1.54) is 11.3 Å². The van der Waals surface area contributed by atoms with E-state index < -0.39 is 0 Å². The number of nitrogen functional groups attached to an aromatic ring is 1. The Morgan fingerprint density at radius 2 is 2.47 bits per heavy atom. The molecule has 3 heterocycles. The quantitative estimate of drug-likeness (QED) is 0.763. The molecule has 1 atom stereocenters. The van der Waals surface area contributed by atoms with Gasteiger partial charge in [0.25, 0.3) is 0 Å². The lowest BCUT2D eigenvalue weighted by atomic mass is 10.1. The average Bonchev–Trinajstić information content (AvgIpc) is 2.50. The van der Waals surface area contributed by atoms with Crippen molar-refractivity contribution in [2.45, 2.75) is 17.4 Å². The summed E-state index contributed by atoms with van der Waals surface area (Å²) in [7, 11) is 0. The third-order valence-corrected chi connectivity index (χ3v) is 4.97. The predicted octanol–water partition coefficient (Wildman–Crippen LogP) is 1.70. The molecule has 0 aliphatic carbocycles. The number of rotatable bonds is 0. The van der Waals surface area contributed by atoms with Crippen LogP contribution in [0.3, 0.4) is 0 Å². The van der Waals surface area contributed by atoms with E-state index in [0.29, 0.717) is 11.9 Å². The van der Waals surface area contributed by atoms with Crippen molar-refractivity contribution in [3.63, 3.8) is 0 Å². The first kappa shape index (κ1) is 11.6. The molecule has 1 fully saturated rings. The first-order chi connectivity index (χ1) is 8.25. The van der Waals surface area contributed by atoms with Gasteiger partial charge in [-0.1, -0.05) is 0 Å². The number of nitrogens with zero attached hydrogens (tertiary/aromatic N) is 2. The van der Waals surface area contributed by atoms with Gasteiger partial charge in [0.15, 0.2) is 0 Å². The smallest absolute Gasteiger partial charge is 0.145 e. The Morgan fingerprint density at radius 1 is 1.59 bits per heavy atom. The molecule has 0 aromatic carbocycles. The number of nitrogens with two attached hydrogens (primary N) is 1. The van der Waals surface area contributed by atoms with Crippen molar-refractivity contribution in [2.24, 2.45) is 0 Å². The van der Waals surface area contributed by atoms with Crippen molar-refractivity contribution < 1.29 is 0 Å². The summed E-state index contributed by atoms with van der Waals surface area (Å²) < 4.78 is 0.900. The van der Waals surface area contributed by atoms with Crippen LogP contribution in [0, 0.1) is 0 Å². The van der Waals surface area contributed by atoms with Gasteiger partial charge in [-0.15, -0.1) is 11.8 Å². The number of fused-ring (bicyclic) bond motifs is 3. The van der Waals surface area contributed by atoms with Gasteiger partial charge in [0.1, 0.15) is 11.6 Å². The van der Waals surface area contributed by atoms with Gasteiger partial charge in [0.2, 0.25) is 0 Å². The van der Waals surface area contributed by atoms with E-state index in [-0.39, 0.29) is 0 Å². The van der Waals surface area contributed by atoms with E-state index in [2.05, 4.69) is 37.2 Å². The fraction of sp³-hybridized carbons (Fsp3) is 0.545. The van der Waals surface area contributed by atoms with Crippen LogP contribution in [0.25, 0.3) is 0 Å². The van der Waals surface area contributed by atoms with Crippen LogP contribution in [0.2, 0.25) is 0 Å². The van der Waals surface area contributed by atoms with Gasteiger partial charge in [-0.2, -0.15) is 0 Å². The van der Waals surface area contributed by atoms with E-state index in [1.807, 2.05) is 11.8 Å². The van der Waals surface area contributed by atoms with E-state index >= 15 is 0 Å². The molecule has 0 amide bonds. The lowest BCUT2D eigenvalue weighted by molar-refractivity contribution is 0.465. The Morgan fingerprint density at radius 3 is 3.35 bits per heavy atom. The second kappa shape index (κ2) is 4.66. The number of hydrogen-bond donors (Lipinski definition) is 2. The number of halogens is 1. The zero-order valence-electron chi connectivity index (χ0n) is 9.45. The summed E-state index contributed by atoms with van der Waals surface area (Å²) in [5.41, 5.74) is 5.91. The molecule has 0 spiro atoms. The number of anilines is 2. The van der Waals surface area contributed by atoms with Crippen LogP contribution in [0.4, 0.5) is 11.6 Å². The zero-order chi connectivity index (χ0) is 11.8. The van der Waals surface area contributed by atoms with Crippen LogP contribution >= 0.6 is 27.7 Å². The summed E-state index contributed by atoms with van der Waals surface area (Å²) in [5.74, 6) is 2.80. The van der Waals surface area contributed by atoms with Crippen molar-refractivity contribution in [3.8, 4) is 0 Å². The first-order valence-electron chi connectivity index (χ1n) is 5.82. The average molecular weight is 315 g/mol. The van der Waals surface area contributed by atoms with Crippen LogP contribution in [-0.2, 0) is 0 Å². The number of piperazine rings is 1. The van der Waals surface area contributed by atoms with Crippen LogP contribution < -0.4 is 16.0 Å². The molecule has 0 saturated carbocycles. The molecule has 0 unspecified atom stereocenters. The Balaban J connectivity index is 2.05. The maximum atomic E-state index is 5.91. The highest BCUT2D eigenvalue weighted by Gasteiger charge is 2.28. The molecule has 1 aromatic heterocycles. The third kappa shape index (κ3) is 2.13. The van der Waals surface area contributed by atoms with Gasteiger partial charge >= 0.3 is 0 Å². The SMILES string of the molecule is Nc1nc2c(cc1Br)SCC[C@@H]1CNCCN21. The van der Waals surface area contributed by atoms with E-state index in [1.54, 1.807) is 0 Å². The largest absolute Gasteiger partial charge is 0.383 e. The molecule has 2 aliphatic rings. The highest BCUT2D eigenvalue weighted by molar-refractivity contribution is 9.10. The van der Waals surface area contributed by atoms with Gasteiger partial charge in [-0.25, -0.2) is 4.98 Å². The van der Waals surface area contributed by atoms with Crippen molar-refractivity contribution >= 4 is 39.3 Å². The number of pyridine rings is 1. The Bertz CT molecular complexity index is 440. The normalized spacial score (nSPS) is 23.8. The lowest BCUT2D eigenvalue weighted by Crippen LogP contribution is -2.51. The van der Waals surface area contributed by atoms with Crippen molar-refractivity contribution in [3.05, 3.63) is 10.5 Å². The summed E-state index contributed by atoms with van der Waals surface area (Å²) in [5, 5.41) is 3.45. The monoisotopic (exact) mass is 314 g/mol. The van der Waals surface area contributed by atoms with Gasteiger partial charge < -0.3 is 16.0 Å². The zero-order valence-corrected chi connectivity index (χ0v) is 11.9. The first-order valence-corrected chi connectivity index (χ1v) is 7.60. The standard InChI is InChI=1S/C11H15BrN4S/c12-8-5-9-11(15-10(8)13)16-3-2-14-6-7(16)1-4-17-9/h5,7,14H,1-4,6H2,(H2,13,15)/t7-/m1/s1. The van der Waals surface area contributed by atoms with Crippen molar-refractivity contribution in [2.75, 3.05) is 36.0 Å². The fourth-order valence-corrected chi connectivity index (χ4v) is 3.96. The molecule has 1 saturated heterocycles. The maximum Gasteiger partial charge on any atom is 0.145 e. The second-order valence-electron chi connectivity index (χ2n) is 4.37. The molecule has 92 valence electrons.